The standard InChI is InChI=1S/C12H19ClN6O2/c1-12(2,7-8(14)20)18-10-15-9(13)16-11(17-10)19-3-5-21-6-4-19/h3-7H2,1-2H3,(H2,14,20)(H,15,16,17,18). The average Bonchev–Trinajstić information content (AvgIpc) is 2.36. The molecule has 0 bridgehead atoms. The molecule has 2 rings (SSSR count). The van der Waals surface area contributed by atoms with Gasteiger partial charge in [0.2, 0.25) is 23.1 Å². The van der Waals surface area contributed by atoms with Crippen LogP contribution in [0.25, 0.3) is 0 Å². The van der Waals surface area contributed by atoms with E-state index in [0.29, 0.717) is 38.2 Å². The van der Waals surface area contributed by atoms with Gasteiger partial charge in [-0.25, -0.2) is 0 Å². The zero-order valence-electron chi connectivity index (χ0n) is 12.1. The number of amides is 1. The Labute approximate surface area is 128 Å². The molecule has 0 unspecified atom stereocenters. The number of anilines is 2. The lowest BCUT2D eigenvalue weighted by Gasteiger charge is -2.28. The second kappa shape index (κ2) is 6.40. The van der Waals surface area contributed by atoms with Crippen molar-refractivity contribution in [2.75, 3.05) is 36.5 Å². The number of carbonyl (C=O) groups is 1. The largest absolute Gasteiger partial charge is 0.378 e. The van der Waals surface area contributed by atoms with E-state index in [1.165, 1.54) is 0 Å². The van der Waals surface area contributed by atoms with Gasteiger partial charge in [-0.2, -0.15) is 15.0 Å². The summed E-state index contributed by atoms with van der Waals surface area (Å²) in [6.07, 6.45) is 0.156. The van der Waals surface area contributed by atoms with Crippen molar-refractivity contribution in [3.05, 3.63) is 5.28 Å². The second-order valence-electron chi connectivity index (χ2n) is 5.48. The fourth-order valence-electron chi connectivity index (χ4n) is 2.08. The van der Waals surface area contributed by atoms with E-state index in [-0.39, 0.29) is 11.7 Å². The molecule has 0 saturated carbocycles. The molecule has 3 N–H and O–H groups in total. The number of hydrogen-bond donors (Lipinski definition) is 2. The van der Waals surface area contributed by atoms with Gasteiger partial charge in [-0.05, 0) is 25.4 Å². The van der Waals surface area contributed by atoms with Crippen molar-refractivity contribution in [3.8, 4) is 0 Å². The first-order valence-corrected chi connectivity index (χ1v) is 7.04. The van der Waals surface area contributed by atoms with Crippen molar-refractivity contribution < 1.29 is 9.53 Å². The van der Waals surface area contributed by atoms with Crippen LogP contribution < -0.4 is 16.0 Å². The third-order valence-corrected chi connectivity index (χ3v) is 3.13. The molecular formula is C12H19ClN6O2. The summed E-state index contributed by atoms with van der Waals surface area (Å²) in [4.78, 5) is 25.6. The Morgan fingerprint density at radius 1 is 1.38 bits per heavy atom. The lowest BCUT2D eigenvalue weighted by atomic mass is 10.0. The number of primary amides is 1. The monoisotopic (exact) mass is 314 g/mol. The van der Waals surface area contributed by atoms with Crippen LogP contribution in [-0.2, 0) is 9.53 Å². The van der Waals surface area contributed by atoms with Gasteiger partial charge in [0, 0.05) is 25.0 Å². The van der Waals surface area contributed by atoms with Gasteiger partial charge in [0.05, 0.1) is 13.2 Å². The van der Waals surface area contributed by atoms with Gasteiger partial charge < -0.3 is 20.7 Å². The molecule has 1 aromatic heterocycles. The van der Waals surface area contributed by atoms with Crippen molar-refractivity contribution in [2.24, 2.45) is 5.73 Å². The van der Waals surface area contributed by atoms with Crippen molar-refractivity contribution in [3.63, 3.8) is 0 Å². The molecular weight excluding hydrogens is 296 g/mol. The Balaban J connectivity index is 2.16. The molecule has 0 radical (unpaired) electrons. The lowest BCUT2D eigenvalue weighted by Crippen LogP contribution is -2.39. The summed E-state index contributed by atoms with van der Waals surface area (Å²) in [5, 5.41) is 3.17. The summed E-state index contributed by atoms with van der Waals surface area (Å²) in [6, 6.07) is 0. The molecule has 8 nitrogen and oxygen atoms in total. The number of nitrogens with two attached hydrogens (primary N) is 1. The zero-order chi connectivity index (χ0) is 15.5. The maximum Gasteiger partial charge on any atom is 0.231 e. The number of morpholine rings is 1. The Morgan fingerprint density at radius 2 is 2.05 bits per heavy atom. The molecule has 1 amide bonds. The second-order valence-corrected chi connectivity index (χ2v) is 5.82. The van der Waals surface area contributed by atoms with Crippen molar-refractivity contribution in [2.45, 2.75) is 25.8 Å². The van der Waals surface area contributed by atoms with E-state index in [1.54, 1.807) is 0 Å². The Kier molecular flexibility index (Phi) is 4.79. The van der Waals surface area contributed by atoms with Crippen LogP contribution >= 0.6 is 11.6 Å². The fourth-order valence-corrected chi connectivity index (χ4v) is 2.24. The van der Waals surface area contributed by atoms with Crippen LogP contribution in [0.3, 0.4) is 0 Å². The van der Waals surface area contributed by atoms with Gasteiger partial charge in [0.1, 0.15) is 0 Å². The first-order valence-electron chi connectivity index (χ1n) is 6.66. The van der Waals surface area contributed by atoms with Crippen LogP contribution in [0.4, 0.5) is 11.9 Å². The average molecular weight is 315 g/mol. The molecule has 0 atom stereocenters. The molecule has 1 aliphatic rings. The molecule has 1 aliphatic heterocycles. The van der Waals surface area contributed by atoms with Gasteiger partial charge in [0.15, 0.2) is 0 Å². The van der Waals surface area contributed by atoms with Crippen LogP contribution in [0.5, 0.6) is 0 Å². The number of aromatic nitrogens is 3. The van der Waals surface area contributed by atoms with Crippen LogP contribution in [0.15, 0.2) is 0 Å². The third kappa shape index (κ3) is 4.68. The third-order valence-electron chi connectivity index (χ3n) is 2.96. The minimum atomic E-state index is -0.571. The van der Waals surface area contributed by atoms with Crippen LogP contribution in [0.1, 0.15) is 20.3 Å². The maximum atomic E-state index is 11.1. The summed E-state index contributed by atoms with van der Waals surface area (Å²) < 4.78 is 5.29. The number of rotatable bonds is 5. The highest BCUT2D eigenvalue weighted by Crippen LogP contribution is 2.19. The Hall–Kier alpha value is -1.67. The van der Waals surface area contributed by atoms with Crippen molar-refractivity contribution in [1.29, 1.82) is 0 Å². The molecule has 1 aromatic rings. The molecule has 0 spiro atoms. The molecule has 0 aromatic carbocycles. The summed E-state index contributed by atoms with van der Waals surface area (Å²) in [7, 11) is 0. The summed E-state index contributed by atoms with van der Waals surface area (Å²) in [5.41, 5.74) is 4.66. The highest BCUT2D eigenvalue weighted by atomic mass is 35.5. The van der Waals surface area contributed by atoms with Gasteiger partial charge >= 0.3 is 0 Å². The summed E-state index contributed by atoms with van der Waals surface area (Å²) in [5.74, 6) is 0.416. The lowest BCUT2D eigenvalue weighted by molar-refractivity contribution is -0.118. The van der Waals surface area contributed by atoms with E-state index in [9.17, 15) is 4.79 Å². The number of nitrogens with one attached hydrogen (secondary N) is 1. The van der Waals surface area contributed by atoms with Gasteiger partial charge in [-0.15, -0.1) is 0 Å². The first kappa shape index (κ1) is 15.7. The number of carbonyl (C=O) groups excluding carboxylic acids is 1. The van der Waals surface area contributed by atoms with E-state index >= 15 is 0 Å². The predicted octanol–water partition coefficient (Wildman–Crippen LogP) is 0.427. The van der Waals surface area contributed by atoms with E-state index in [0.717, 1.165) is 0 Å². The fraction of sp³-hybridized carbons (Fsp3) is 0.667. The summed E-state index contributed by atoms with van der Waals surface area (Å²) >= 11 is 5.95. The first-order chi connectivity index (χ1) is 9.85. The zero-order valence-corrected chi connectivity index (χ0v) is 12.9. The van der Waals surface area contributed by atoms with E-state index in [2.05, 4.69) is 20.3 Å². The molecule has 21 heavy (non-hydrogen) atoms. The Bertz CT molecular complexity index is 518. The molecule has 0 aliphatic carbocycles. The topological polar surface area (TPSA) is 106 Å². The summed E-state index contributed by atoms with van der Waals surface area (Å²) in [6.45, 7) is 6.32. The highest BCUT2D eigenvalue weighted by molar-refractivity contribution is 6.28. The minimum absolute atomic E-state index is 0.101. The normalized spacial score (nSPS) is 15.9. The predicted molar refractivity (Wildman–Crippen MR) is 79.4 cm³/mol. The smallest absolute Gasteiger partial charge is 0.231 e. The SMILES string of the molecule is CC(C)(CC(N)=O)Nc1nc(Cl)nc(N2CCOCC2)n1. The van der Waals surface area contributed by atoms with Crippen molar-refractivity contribution >= 4 is 29.4 Å². The van der Waals surface area contributed by atoms with Crippen LogP contribution in [0, 0.1) is 0 Å². The Morgan fingerprint density at radius 3 is 2.67 bits per heavy atom. The van der Waals surface area contributed by atoms with E-state index in [1.807, 2.05) is 18.7 Å². The number of hydrogen-bond acceptors (Lipinski definition) is 7. The van der Waals surface area contributed by atoms with E-state index in [4.69, 9.17) is 22.1 Å². The molecule has 9 heteroatoms. The van der Waals surface area contributed by atoms with Gasteiger partial charge in [0.25, 0.3) is 0 Å². The van der Waals surface area contributed by atoms with Gasteiger partial charge in [-0.3, -0.25) is 4.79 Å². The molecule has 116 valence electrons. The van der Waals surface area contributed by atoms with E-state index < -0.39 is 11.4 Å². The minimum Gasteiger partial charge on any atom is -0.378 e. The maximum absolute atomic E-state index is 11.1. The number of nitrogens with zero attached hydrogens (tertiary/aromatic N) is 4. The highest BCUT2D eigenvalue weighted by Gasteiger charge is 2.23. The molecule has 2 heterocycles. The van der Waals surface area contributed by atoms with Crippen LogP contribution in [-0.4, -0.2) is 52.7 Å². The van der Waals surface area contributed by atoms with Crippen molar-refractivity contribution in [1.82, 2.24) is 15.0 Å². The number of ether oxygens (including phenoxy) is 1. The van der Waals surface area contributed by atoms with Gasteiger partial charge in [-0.1, -0.05) is 0 Å². The molecule has 1 saturated heterocycles. The van der Waals surface area contributed by atoms with Crippen LogP contribution in [0.2, 0.25) is 5.28 Å². The molecule has 1 fully saturated rings. The quantitative estimate of drug-likeness (QED) is 0.811. The number of halogens is 1.